The van der Waals surface area contributed by atoms with E-state index in [9.17, 15) is 14.4 Å². The van der Waals surface area contributed by atoms with Crippen molar-refractivity contribution in [2.24, 2.45) is 0 Å². The lowest BCUT2D eigenvalue weighted by molar-refractivity contribution is -0.150. The first-order valence-corrected chi connectivity index (χ1v) is 5.41. The van der Waals surface area contributed by atoms with Gasteiger partial charge >= 0.3 is 11.9 Å². The molecule has 5 heteroatoms. The van der Waals surface area contributed by atoms with Gasteiger partial charge in [-0.2, -0.15) is 0 Å². The molecule has 0 unspecified atom stereocenters. The molecule has 0 bridgehead atoms. The maximum absolute atomic E-state index is 11.1. The molecule has 5 nitrogen and oxygen atoms in total. The lowest BCUT2D eigenvalue weighted by Crippen LogP contribution is -2.14. The van der Waals surface area contributed by atoms with Crippen molar-refractivity contribution in [1.29, 1.82) is 0 Å². The van der Waals surface area contributed by atoms with E-state index in [-0.39, 0.29) is 25.4 Å². The Morgan fingerprint density at radius 3 is 2.12 bits per heavy atom. The molecule has 0 saturated carbocycles. The van der Waals surface area contributed by atoms with Crippen molar-refractivity contribution < 1.29 is 23.9 Å². The highest BCUT2D eigenvalue weighted by atomic mass is 16.6. The Kier molecular flexibility index (Phi) is 7.67. The fourth-order valence-electron chi connectivity index (χ4n) is 0.967. The van der Waals surface area contributed by atoms with E-state index in [1.54, 1.807) is 0 Å². The zero-order valence-electron chi connectivity index (χ0n) is 10.3. The number of rotatable bonds is 8. The molecule has 96 valence electrons. The Morgan fingerprint density at radius 1 is 1.00 bits per heavy atom. The Balaban J connectivity index is 3.48. The van der Waals surface area contributed by atoms with Gasteiger partial charge in [0.2, 0.25) is 0 Å². The summed E-state index contributed by atoms with van der Waals surface area (Å²) < 4.78 is 9.52. The fourth-order valence-corrected chi connectivity index (χ4v) is 0.967. The summed E-state index contributed by atoms with van der Waals surface area (Å²) >= 11 is 0. The lowest BCUT2D eigenvalue weighted by atomic mass is 10.2. The van der Waals surface area contributed by atoms with Crippen LogP contribution in [0.5, 0.6) is 0 Å². The molecule has 0 fully saturated rings. The Labute approximate surface area is 101 Å². The zero-order valence-corrected chi connectivity index (χ0v) is 10.3. The third-order valence-corrected chi connectivity index (χ3v) is 1.84. The molecule has 0 aliphatic heterocycles. The summed E-state index contributed by atoms with van der Waals surface area (Å²) in [6, 6.07) is 0. The van der Waals surface area contributed by atoms with Crippen molar-refractivity contribution in [3.63, 3.8) is 0 Å². The molecule has 17 heavy (non-hydrogen) atoms. The Hall–Kier alpha value is -1.65. The summed E-state index contributed by atoms with van der Waals surface area (Å²) in [7, 11) is 0. The standard InChI is InChI=1S/C12H18O5/c1-9(2)12(15)17-8-7-16-11(14)6-4-5-10(3)13/h1,4-8H2,2-3H3. The highest BCUT2D eigenvalue weighted by molar-refractivity contribution is 5.86. The second-order valence-corrected chi connectivity index (χ2v) is 3.69. The minimum absolute atomic E-state index is 0.0180. The first-order chi connectivity index (χ1) is 7.93. The van der Waals surface area contributed by atoms with Crippen LogP contribution in [0.3, 0.4) is 0 Å². The molecule has 0 aromatic heterocycles. The van der Waals surface area contributed by atoms with Gasteiger partial charge in [-0.1, -0.05) is 6.58 Å². The van der Waals surface area contributed by atoms with E-state index in [4.69, 9.17) is 9.47 Å². The number of ketones is 1. The fraction of sp³-hybridized carbons (Fsp3) is 0.583. The van der Waals surface area contributed by atoms with Crippen LogP contribution < -0.4 is 0 Å². The number of carbonyl (C=O) groups excluding carboxylic acids is 3. The molecule has 0 aliphatic rings. The van der Waals surface area contributed by atoms with Gasteiger partial charge in [-0.05, 0) is 20.3 Å². The molecular formula is C12H18O5. The maximum Gasteiger partial charge on any atom is 0.333 e. The van der Waals surface area contributed by atoms with Crippen LogP contribution in [0.4, 0.5) is 0 Å². The summed E-state index contributed by atoms with van der Waals surface area (Å²) in [4.78, 5) is 32.7. The molecule has 0 atom stereocenters. The molecule has 0 spiro atoms. The van der Waals surface area contributed by atoms with Gasteiger partial charge in [-0.25, -0.2) is 4.79 Å². The third-order valence-electron chi connectivity index (χ3n) is 1.84. The average Bonchev–Trinajstić information content (AvgIpc) is 2.23. The highest BCUT2D eigenvalue weighted by Gasteiger charge is 2.06. The summed E-state index contributed by atoms with van der Waals surface area (Å²) in [5, 5.41) is 0. The van der Waals surface area contributed by atoms with Crippen LogP contribution in [0.2, 0.25) is 0 Å². The van der Waals surface area contributed by atoms with Gasteiger partial charge in [0.1, 0.15) is 19.0 Å². The predicted octanol–water partition coefficient (Wildman–Crippen LogP) is 1.41. The average molecular weight is 242 g/mol. The van der Waals surface area contributed by atoms with Gasteiger partial charge < -0.3 is 14.3 Å². The van der Waals surface area contributed by atoms with Crippen molar-refractivity contribution in [3.8, 4) is 0 Å². The summed E-state index contributed by atoms with van der Waals surface area (Å²) in [6.45, 7) is 6.47. The van der Waals surface area contributed by atoms with Crippen LogP contribution in [0.15, 0.2) is 12.2 Å². The monoisotopic (exact) mass is 242 g/mol. The molecule has 0 heterocycles. The first kappa shape index (κ1) is 15.3. The zero-order chi connectivity index (χ0) is 13.3. The van der Waals surface area contributed by atoms with Gasteiger partial charge in [-0.15, -0.1) is 0 Å². The van der Waals surface area contributed by atoms with Crippen LogP contribution in [-0.4, -0.2) is 30.9 Å². The second kappa shape index (κ2) is 8.50. The van der Waals surface area contributed by atoms with E-state index in [2.05, 4.69) is 6.58 Å². The molecule has 0 aliphatic carbocycles. The Bertz CT molecular complexity index is 306. The largest absolute Gasteiger partial charge is 0.462 e. The van der Waals surface area contributed by atoms with E-state index < -0.39 is 11.9 Å². The van der Waals surface area contributed by atoms with E-state index in [0.29, 0.717) is 18.4 Å². The van der Waals surface area contributed by atoms with Crippen LogP contribution in [0.25, 0.3) is 0 Å². The van der Waals surface area contributed by atoms with Gasteiger partial charge in [0.25, 0.3) is 0 Å². The smallest absolute Gasteiger partial charge is 0.333 e. The van der Waals surface area contributed by atoms with E-state index in [0.717, 1.165) is 0 Å². The van der Waals surface area contributed by atoms with Crippen LogP contribution >= 0.6 is 0 Å². The Morgan fingerprint density at radius 2 is 1.59 bits per heavy atom. The maximum atomic E-state index is 11.1. The van der Waals surface area contributed by atoms with Crippen molar-refractivity contribution in [3.05, 3.63) is 12.2 Å². The van der Waals surface area contributed by atoms with Gasteiger partial charge in [-0.3, -0.25) is 4.79 Å². The van der Waals surface area contributed by atoms with E-state index in [1.165, 1.54) is 13.8 Å². The van der Waals surface area contributed by atoms with Crippen molar-refractivity contribution >= 4 is 17.7 Å². The molecular weight excluding hydrogens is 224 g/mol. The van der Waals surface area contributed by atoms with Gasteiger partial charge in [0, 0.05) is 18.4 Å². The minimum atomic E-state index is -0.502. The quantitative estimate of drug-likeness (QED) is 0.365. The second-order valence-electron chi connectivity index (χ2n) is 3.69. The molecule has 0 amide bonds. The molecule has 0 N–H and O–H groups in total. The lowest BCUT2D eigenvalue weighted by Gasteiger charge is -2.05. The third kappa shape index (κ3) is 9.29. The molecule has 0 saturated heterocycles. The topological polar surface area (TPSA) is 69.7 Å². The molecule has 0 aromatic rings. The van der Waals surface area contributed by atoms with Crippen LogP contribution in [0, 0.1) is 0 Å². The molecule has 0 radical (unpaired) electrons. The minimum Gasteiger partial charge on any atom is -0.462 e. The van der Waals surface area contributed by atoms with Crippen molar-refractivity contribution in [2.45, 2.75) is 33.1 Å². The van der Waals surface area contributed by atoms with E-state index in [1.807, 2.05) is 0 Å². The van der Waals surface area contributed by atoms with Crippen LogP contribution in [-0.2, 0) is 23.9 Å². The summed E-state index contributed by atoms with van der Waals surface area (Å²) in [6.07, 6.45) is 1.06. The number of ether oxygens (including phenoxy) is 2. The molecule has 0 rings (SSSR count). The number of carbonyl (C=O) groups is 3. The van der Waals surface area contributed by atoms with Gasteiger partial charge in [0.05, 0.1) is 0 Å². The van der Waals surface area contributed by atoms with E-state index >= 15 is 0 Å². The first-order valence-electron chi connectivity index (χ1n) is 5.41. The van der Waals surface area contributed by atoms with Crippen LogP contribution in [0.1, 0.15) is 33.1 Å². The van der Waals surface area contributed by atoms with Crippen molar-refractivity contribution in [2.75, 3.05) is 13.2 Å². The molecule has 0 aromatic carbocycles. The van der Waals surface area contributed by atoms with Crippen molar-refractivity contribution in [1.82, 2.24) is 0 Å². The predicted molar refractivity (Wildman–Crippen MR) is 61.3 cm³/mol. The number of Topliss-reactive ketones (excluding diaryl/α,β-unsaturated/α-hetero) is 1. The normalized spacial score (nSPS) is 9.53. The highest BCUT2D eigenvalue weighted by Crippen LogP contribution is 1.99. The number of hydrogen-bond acceptors (Lipinski definition) is 5. The SMILES string of the molecule is C=C(C)C(=O)OCCOC(=O)CCCC(C)=O. The number of esters is 2. The summed E-state index contributed by atoms with van der Waals surface area (Å²) in [5.41, 5.74) is 0.304. The van der Waals surface area contributed by atoms with Gasteiger partial charge in [0.15, 0.2) is 0 Å². The summed E-state index contributed by atoms with van der Waals surface area (Å²) in [5.74, 6) is -0.844. The number of hydrogen-bond donors (Lipinski definition) is 0.